The normalized spacial score (nSPS) is 9.50. The summed E-state index contributed by atoms with van der Waals surface area (Å²) in [5, 5.41) is 0. The highest BCUT2D eigenvalue weighted by Crippen LogP contribution is 2.27. The molecule has 0 unspecified atom stereocenters. The van der Waals surface area contributed by atoms with E-state index in [9.17, 15) is 0 Å². The number of rotatable bonds is 1. The van der Waals surface area contributed by atoms with E-state index in [-0.39, 0.29) is 0 Å². The summed E-state index contributed by atoms with van der Waals surface area (Å²) >= 11 is 3.42. The first-order chi connectivity index (χ1) is 4.75. The van der Waals surface area contributed by atoms with E-state index in [1.54, 1.807) is 7.11 Å². The van der Waals surface area contributed by atoms with Gasteiger partial charge in [0.1, 0.15) is 5.75 Å². The second-order valence-corrected chi connectivity index (χ2v) is 2.88. The first kappa shape index (κ1) is 7.61. The summed E-state index contributed by atoms with van der Waals surface area (Å²) in [5.41, 5.74) is 1.19. The van der Waals surface area contributed by atoms with Crippen LogP contribution in [0.5, 0.6) is 5.75 Å². The maximum absolute atomic E-state index is 5.08. The van der Waals surface area contributed by atoms with Crippen molar-refractivity contribution in [3.63, 3.8) is 0 Å². The van der Waals surface area contributed by atoms with Crippen molar-refractivity contribution in [1.29, 1.82) is 0 Å². The monoisotopic (exact) mass is 200 g/mol. The number of benzene rings is 1. The van der Waals surface area contributed by atoms with Crippen LogP contribution in [0.15, 0.2) is 22.7 Å². The molecule has 0 bridgehead atoms. The Morgan fingerprint density at radius 3 is 2.60 bits per heavy atom. The van der Waals surface area contributed by atoms with Crippen LogP contribution in [0.2, 0.25) is 0 Å². The number of aryl methyl sites for hydroxylation is 1. The van der Waals surface area contributed by atoms with Gasteiger partial charge in [-0.25, -0.2) is 0 Å². The van der Waals surface area contributed by atoms with Gasteiger partial charge in [-0.1, -0.05) is 12.1 Å². The average molecular weight is 201 g/mol. The van der Waals surface area contributed by atoms with Gasteiger partial charge in [0, 0.05) is 0 Å². The zero-order chi connectivity index (χ0) is 7.56. The molecule has 0 amide bonds. The predicted molar refractivity (Wildman–Crippen MR) is 45.4 cm³/mol. The molecule has 0 N–H and O–H groups in total. The summed E-state index contributed by atoms with van der Waals surface area (Å²) < 4.78 is 6.12. The SMILES string of the molecule is COc1cccc(C)c1Br. The first-order valence-corrected chi connectivity index (χ1v) is 3.84. The smallest absolute Gasteiger partial charge is 0.133 e. The maximum Gasteiger partial charge on any atom is 0.133 e. The van der Waals surface area contributed by atoms with Gasteiger partial charge in [-0.3, -0.25) is 0 Å². The number of methoxy groups -OCH3 is 1. The second kappa shape index (κ2) is 3.06. The Balaban J connectivity index is 3.14. The van der Waals surface area contributed by atoms with Crippen LogP contribution in [-0.4, -0.2) is 7.11 Å². The lowest BCUT2D eigenvalue weighted by molar-refractivity contribution is 0.412. The van der Waals surface area contributed by atoms with Crippen LogP contribution in [0.1, 0.15) is 5.56 Å². The van der Waals surface area contributed by atoms with E-state index in [2.05, 4.69) is 15.9 Å². The Morgan fingerprint density at radius 1 is 1.40 bits per heavy atom. The third kappa shape index (κ3) is 1.32. The molecule has 0 aliphatic carbocycles. The Hall–Kier alpha value is -0.500. The molecule has 0 atom stereocenters. The van der Waals surface area contributed by atoms with E-state index >= 15 is 0 Å². The molecule has 10 heavy (non-hydrogen) atoms. The van der Waals surface area contributed by atoms with Crippen molar-refractivity contribution in [2.75, 3.05) is 7.11 Å². The van der Waals surface area contributed by atoms with Gasteiger partial charge >= 0.3 is 0 Å². The molecule has 0 spiro atoms. The standard InChI is InChI=1S/C8H9BrO/c1-6-4-3-5-7(10-2)8(6)9/h3-5H,1-2H3. The lowest BCUT2D eigenvalue weighted by Gasteiger charge is -2.03. The Kier molecular flexibility index (Phi) is 2.33. The van der Waals surface area contributed by atoms with E-state index in [0.717, 1.165) is 10.2 Å². The van der Waals surface area contributed by atoms with Gasteiger partial charge in [-0.2, -0.15) is 0 Å². The number of ether oxygens (including phenoxy) is 1. The zero-order valence-electron chi connectivity index (χ0n) is 6.02. The van der Waals surface area contributed by atoms with Crippen LogP contribution < -0.4 is 4.74 Å². The molecule has 0 fully saturated rings. The van der Waals surface area contributed by atoms with Crippen molar-refractivity contribution < 1.29 is 4.74 Å². The van der Waals surface area contributed by atoms with Crippen molar-refractivity contribution in [2.45, 2.75) is 6.92 Å². The molecule has 1 rings (SSSR count). The van der Waals surface area contributed by atoms with Gasteiger partial charge in [0.05, 0.1) is 11.6 Å². The van der Waals surface area contributed by atoms with E-state index in [0.29, 0.717) is 0 Å². The van der Waals surface area contributed by atoms with E-state index < -0.39 is 0 Å². The second-order valence-electron chi connectivity index (χ2n) is 2.09. The third-order valence-corrected chi connectivity index (χ3v) is 2.39. The molecular formula is C8H9BrO. The molecule has 0 heterocycles. The highest BCUT2D eigenvalue weighted by atomic mass is 79.9. The minimum absolute atomic E-state index is 0.889. The van der Waals surface area contributed by atoms with Gasteiger partial charge < -0.3 is 4.74 Å². The van der Waals surface area contributed by atoms with Gasteiger partial charge in [0.2, 0.25) is 0 Å². The van der Waals surface area contributed by atoms with Crippen LogP contribution in [0.25, 0.3) is 0 Å². The number of halogens is 1. The predicted octanol–water partition coefficient (Wildman–Crippen LogP) is 2.77. The van der Waals surface area contributed by atoms with E-state index in [1.165, 1.54) is 5.56 Å². The Bertz CT molecular complexity index is 233. The van der Waals surface area contributed by atoms with Crippen LogP contribution in [0.4, 0.5) is 0 Å². The number of hydrogen-bond donors (Lipinski definition) is 0. The van der Waals surface area contributed by atoms with Gasteiger partial charge in [0.15, 0.2) is 0 Å². The molecule has 0 saturated heterocycles. The molecule has 1 aromatic carbocycles. The Labute approximate surface area is 69.1 Å². The van der Waals surface area contributed by atoms with E-state index in [4.69, 9.17) is 4.74 Å². The van der Waals surface area contributed by atoms with Gasteiger partial charge in [0.25, 0.3) is 0 Å². The molecule has 1 nitrogen and oxygen atoms in total. The summed E-state index contributed by atoms with van der Waals surface area (Å²) in [6.07, 6.45) is 0. The highest BCUT2D eigenvalue weighted by Gasteiger charge is 1.99. The van der Waals surface area contributed by atoms with Crippen LogP contribution in [0, 0.1) is 6.92 Å². The largest absolute Gasteiger partial charge is 0.496 e. The molecule has 0 aliphatic rings. The first-order valence-electron chi connectivity index (χ1n) is 3.05. The molecule has 0 aromatic heterocycles. The summed E-state index contributed by atoms with van der Waals surface area (Å²) in [5.74, 6) is 0.889. The highest BCUT2D eigenvalue weighted by molar-refractivity contribution is 9.10. The number of hydrogen-bond acceptors (Lipinski definition) is 1. The van der Waals surface area contributed by atoms with E-state index in [1.807, 2.05) is 25.1 Å². The van der Waals surface area contributed by atoms with Crippen LogP contribution in [0.3, 0.4) is 0 Å². The van der Waals surface area contributed by atoms with Crippen molar-refractivity contribution in [3.05, 3.63) is 28.2 Å². The molecule has 54 valence electrons. The summed E-state index contributed by atoms with van der Waals surface area (Å²) in [7, 11) is 1.67. The lowest BCUT2D eigenvalue weighted by atomic mass is 10.2. The molecule has 1 aromatic rings. The average Bonchev–Trinajstić information content (AvgIpc) is 1.95. The topological polar surface area (TPSA) is 9.23 Å². The Morgan fingerprint density at radius 2 is 2.10 bits per heavy atom. The molecule has 0 aliphatic heterocycles. The fourth-order valence-corrected chi connectivity index (χ4v) is 1.20. The summed E-state index contributed by atoms with van der Waals surface area (Å²) in [6.45, 7) is 2.03. The molecule has 0 radical (unpaired) electrons. The molecule has 0 saturated carbocycles. The minimum atomic E-state index is 0.889. The molecule has 2 heteroatoms. The zero-order valence-corrected chi connectivity index (χ0v) is 7.60. The quantitative estimate of drug-likeness (QED) is 0.678. The lowest BCUT2D eigenvalue weighted by Crippen LogP contribution is -1.85. The molecular weight excluding hydrogens is 192 g/mol. The van der Waals surface area contributed by atoms with Crippen LogP contribution >= 0.6 is 15.9 Å². The minimum Gasteiger partial charge on any atom is -0.496 e. The summed E-state index contributed by atoms with van der Waals surface area (Å²) in [6, 6.07) is 5.93. The maximum atomic E-state index is 5.08. The van der Waals surface area contributed by atoms with Gasteiger partial charge in [-0.15, -0.1) is 0 Å². The summed E-state index contributed by atoms with van der Waals surface area (Å²) in [4.78, 5) is 0. The van der Waals surface area contributed by atoms with Gasteiger partial charge in [-0.05, 0) is 34.5 Å². The van der Waals surface area contributed by atoms with Crippen molar-refractivity contribution >= 4 is 15.9 Å². The third-order valence-electron chi connectivity index (χ3n) is 1.38. The fourth-order valence-electron chi connectivity index (χ4n) is 0.778. The van der Waals surface area contributed by atoms with Crippen molar-refractivity contribution in [3.8, 4) is 5.75 Å². The fraction of sp³-hybridized carbons (Fsp3) is 0.250. The van der Waals surface area contributed by atoms with Crippen LogP contribution in [-0.2, 0) is 0 Å². The van der Waals surface area contributed by atoms with Crippen molar-refractivity contribution in [1.82, 2.24) is 0 Å². The van der Waals surface area contributed by atoms with Crippen molar-refractivity contribution in [2.24, 2.45) is 0 Å².